The fraction of sp³-hybridized carbons (Fsp3) is 1.00. The first-order valence-corrected chi connectivity index (χ1v) is 13.1. The Morgan fingerprint density at radius 3 is 0.913 bits per heavy atom. The first-order chi connectivity index (χ1) is 11.4. The van der Waals surface area contributed by atoms with Crippen molar-refractivity contribution in [1.29, 1.82) is 0 Å². The predicted molar refractivity (Wildman–Crippen MR) is 115 cm³/mol. The van der Waals surface area contributed by atoms with Gasteiger partial charge in [-0.3, -0.25) is 0 Å². The summed E-state index contributed by atoms with van der Waals surface area (Å²) in [6, 6.07) is 0. The van der Waals surface area contributed by atoms with E-state index < -0.39 is 0 Å². The van der Waals surface area contributed by atoms with Gasteiger partial charge in [0, 0.05) is 11.5 Å². The number of unbranched alkanes of at least 4 members (excludes halogenated alkanes) is 15. The molecular formula is C21H44S2. The molecule has 0 aromatic rings. The Morgan fingerprint density at radius 2 is 0.609 bits per heavy atom. The molecule has 0 saturated heterocycles. The van der Waals surface area contributed by atoms with Crippen LogP contribution in [0.1, 0.15) is 123 Å². The van der Waals surface area contributed by atoms with E-state index >= 15 is 0 Å². The monoisotopic (exact) mass is 360 g/mol. The third-order valence-electron chi connectivity index (χ3n) is 4.50. The summed E-state index contributed by atoms with van der Waals surface area (Å²) in [6.07, 6.45) is 24.6. The molecule has 0 rings (SSSR count). The Balaban J connectivity index is 2.92. The van der Waals surface area contributed by atoms with E-state index in [-0.39, 0.29) is 0 Å². The van der Waals surface area contributed by atoms with E-state index in [0.717, 1.165) is 0 Å². The lowest BCUT2D eigenvalue weighted by molar-refractivity contribution is 0.555. The molecule has 0 aromatic carbocycles. The Morgan fingerprint density at radius 1 is 0.348 bits per heavy atom. The molecule has 0 nitrogen and oxygen atoms in total. The maximum absolute atomic E-state index is 2.30. The van der Waals surface area contributed by atoms with Crippen LogP contribution in [0.4, 0.5) is 0 Å². The molecule has 0 fully saturated rings. The molecule has 0 aliphatic carbocycles. The number of hydrogen-bond acceptors (Lipinski definition) is 2. The van der Waals surface area contributed by atoms with Crippen LogP contribution in [-0.2, 0) is 0 Å². The largest absolute Gasteiger partial charge is 0.0942 e. The van der Waals surface area contributed by atoms with Crippen LogP contribution in [0.5, 0.6) is 0 Å². The molecule has 0 aliphatic rings. The zero-order valence-corrected chi connectivity index (χ0v) is 17.9. The molecule has 0 heterocycles. The third-order valence-corrected chi connectivity index (χ3v) is 7.07. The number of hydrogen-bond donors (Lipinski definition) is 0. The normalized spacial score (nSPS) is 11.2. The van der Waals surface area contributed by atoms with Gasteiger partial charge >= 0.3 is 0 Å². The summed E-state index contributed by atoms with van der Waals surface area (Å²) in [5, 5.41) is 0. The van der Waals surface area contributed by atoms with E-state index in [9.17, 15) is 0 Å². The van der Waals surface area contributed by atoms with E-state index in [1.165, 1.54) is 121 Å². The smallest absolute Gasteiger partial charge is 0.00369 e. The lowest BCUT2D eigenvalue weighted by Crippen LogP contribution is -1.84. The Hall–Kier alpha value is 0.700. The van der Waals surface area contributed by atoms with Gasteiger partial charge in [0.2, 0.25) is 0 Å². The third kappa shape index (κ3) is 22.7. The lowest BCUT2D eigenvalue weighted by atomic mass is 10.1. The maximum Gasteiger partial charge on any atom is 0.00369 e. The van der Waals surface area contributed by atoms with Crippen LogP contribution in [0.25, 0.3) is 0 Å². The topological polar surface area (TPSA) is 0 Å². The summed E-state index contributed by atoms with van der Waals surface area (Å²) in [5.41, 5.74) is 0. The summed E-state index contributed by atoms with van der Waals surface area (Å²) >= 11 is 0. The first kappa shape index (κ1) is 23.7. The van der Waals surface area contributed by atoms with E-state index in [2.05, 4.69) is 35.4 Å². The van der Waals surface area contributed by atoms with Crippen molar-refractivity contribution >= 4 is 21.6 Å². The molecule has 0 N–H and O–H groups in total. The summed E-state index contributed by atoms with van der Waals surface area (Å²) in [6.45, 7) is 4.59. The predicted octanol–water partition coefficient (Wildman–Crippen LogP) is 9.04. The zero-order valence-electron chi connectivity index (χ0n) is 16.3. The molecule has 0 amide bonds. The van der Waals surface area contributed by atoms with Gasteiger partial charge in [-0.1, -0.05) is 132 Å². The van der Waals surface area contributed by atoms with Gasteiger partial charge in [-0.05, 0) is 12.8 Å². The molecule has 140 valence electrons. The Kier molecular flexibility index (Phi) is 23.4. The second-order valence-electron chi connectivity index (χ2n) is 6.95. The average Bonchev–Trinajstić information content (AvgIpc) is 2.57. The van der Waals surface area contributed by atoms with Crippen molar-refractivity contribution in [1.82, 2.24) is 0 Å². The van der Waals surface area contributed by atoms with Gasteiger partial charge in [-0.2, -0.15) is 0 Å². The summed E-state index contributed by atoms with van der Waals surface area (Å²) in [4.78, 5) is 0. The van der Waals surface area contributed by atoms with Crippen molar-refractivity contribution in [3.63, 3.8) is 0 Å². The molecule has 0 spiro atoms. The first-order valence-electron chi connectivity index (χ1n) is 10.7. The molecule has 0 radical (unpaired) electrons. The summed E-state index contributed by atoms with van der Waals surface area (Å²) < 4.78 is 0. The van der Waals surface area contributed by atoms with Gasteiger partial charge in [0.1, 0.15) is 0 Å². The molecule has 0 aliphatic heterocycles. The van der Waals surface area contributed by atoms with E-state index in [1.807, 2.05) is 0 Å². The molecule has 0 aromatic heterocycles. The molecule has 2 heteroatoms. The quantitative estimate of drug-likeness (QED) is 0.157. The standard InChI is InChI=1S/C21H44S2/c1-3-5-7-9-11-12-13-14-15-17-19-21-23-22-20-18-16-10-8-6-4-2/h3-21H2,1-2H3. The molecule has 0 bridgehead atoms. The molecule has 0 unspecified atom stereocenters. The van der Waals surface area contributed by atoms with Crippen LogP contribution >= 0.6 is 21.6 Å². The molecule has 0 saturated carbocycles. The lowest BCUT2D eigenvalue weighted by Gasteiger charge is -2.03. The van der Waals surface area contributed by atoms with Crippen LogP contribution in [0.15, 0.2) is 0 Å². The van der Waals surface area contributed by atoms with Crippen LogP contribution in [-0.4, -0.2) is 11.5 Å². The maximum atomic E-state index is 2.30. The average molecular weight is 361 g/mol. The van der Waals surface area contributed by atoms with Crippen LogP contribution in [0.3, 0.4) is 0 Å². The van der Waals surface area contributed by atoms with Gasteiger partial charge in [0.15, 0.2) is 0 Å². The second-order valence-corrected chi connectivity index (χ2v) is 9.65. The highest BCUT2D eigenvalue weighted by atomic mass is 33.1. The van der Waals surface area contributed by atoms with Gasteiger partial charge in [-0.25, -0.2) is 0 Å². The minimum Gasteiger partial charge on any atom is -0.0942 e. The van der Waals surface area contributed by atoms with Gasteiger partial charge in [-0.15, -0.1) is 0 Å². The highest BCUT2D eigenvalue weighted by molar-refractivity contribution is 8.76. The van der Waals surface area contributed by atoms with Gasteiger partial charge < -0.3 is 0 Å². The fourth-order valence-corrected chi connectivity index (χ4v) is 5.18. The molecular weight excluding hydrogens is 316 g/mol. The fourth-order valence-electron chi connectivity index (χ4n) is 2.88. The Bertz CT molecular complexity index is 174. The van der Waals surface area contributed by atoms with E-state index in [4.69, 9.17) is 0 Å². The van der Waals surface area contributed by atoms with Crippen molar-refractivity contribution < 1.29 is 0 Å². The van der Waals surface area contributed by atoms with Crippen molar-refractivity contribution in [3.05, 3.63) is 0 Å². The van der Waals surface area contributed by atoms with Crippen molar-refractivity contribution in [2.24, 2.45) is 0 Å². The Labute approximate surface area is 156 Å². The second kappa shape index (κ2) is 22.7. The molecule has 23 heavy (non-hydrogen) atoms. The van der Waals surface area contributed by atoms with E-state index in [1.54, 1.807) is 0 Å². The van der Waals surface area contributed by atoms with Crippen LogP contribution in [0, 0.1) is 0 Å². The van der Waals surface area contributed by atoms with Gasteiger partial charge in [0.05, 0.1) is 0 Å². The number of rotatable bonds is 20. The highest BCUT2D eigenvalue weighted by Crippen LogP contribution is 2.24. The minimum atomic E-state index is 1.36. The van der Waals surface area contributed by atoms with Gasteiger partial charge in [0.25, 0.3) is 0 Å². The van der Waals surface area contributed by atoms with Crippen molar-refractivity contribution in [2.75, 3.05) is 11.5 Å². The zero-order chi connectivity index (χ0) is 16.8. The minimum absolute atomic E-state index is 1.36. The van der Waals surface area contributed by atoms with Crippen molar-refractivity contribution in [3.8, 4) is 0 Å². The van der Waals surface area contributed by atoms with E-state index in [0.29, 0.717) is 0 Å². The SMILES string of the molecule is CCCCCCCCCCCCCSSCCCCCCCC. The summed E-state index contributed by atoms with van der Waals surface area (Å²) in [5.74, 6) is 2.74. The van der Waals surface area contributed by atoms with Crippen LogP contribution in [0.2, 0.25) is 0 Å². The van der Waals surface area contributed by atoms with Crippen LogP contribution < -0.4 is 0 Å². The molecule has 0 atom stereocenters. The summed E-state index contributed by atoms with van der Waals surface area (Å²) in [7, 11) is 4.23. The van der Waals surface area contributed by atoms with Crippen molar-refractivity contribution in [2.45, 2.75) is 123 Å². The highest BCUT2D eigenvalue weighted by Gasteiger charge is 1.95.